The van der Waals surface area contributed by atoms with Gasteiger partial charge in [-0.05, 0) is 49.9 Å². The number of ether oxygens (including phenoxy) is 1. The van der Waals surface area contributed by atoms with Crippen LogP contribution in [0.25, 0.3) is 0 Å². The van der Waals surface area contributed by atoms with Crippen LogP contribution in [0, 0.1) is 5.92 Å². The molecule has 1 unspecified atom stereocenters. The topological polar surface area (TPSA) is 78.9 Å². The number of hydrogen-bond acceptors (Lipinski definition) is 4. The number of nitrogens with zero attached hydrogens (tertiary/aromatic N) is 1. The van der Waals surface area contributed by atoms with Crippen LogP contribution in [0.2, 0.25) is 0 Å². The summed E-state index contributed by atoms with van der Waals surface area (Å²) in [4.78, 5) is 25.5. The minimum atomic E-state index is -0.984. The van der Waals surface area contributed by atoms with Crippen molar-refractivity contribution >= 4 is 17.6 Å². The Morgan fingerprint density at radius 2 is 1.88 bits per heavy atom. The smallest absolute Gasteiger partial charge is 0.323 e. The molecule has 2 rings (SSSR count). The van der Waals surface area contributed by atoms with Crippen LogP contribution in [0.4, 0.5) is 5.69 Å². The van der Waals surface area contributed by atoms with E-state index in [1.165, 1.54) is 11.3 Å². The van der Waals surface area contributed by atoms with Crippen LogP contribution in [0.15, 0.2) is 24.3 Å². The van der Waals surface area contributed by atoms with Crippen LogP contribution < -0.4 is 10.1 Å². The first-order valence-corrected chi connectivity index (χ1v) is 8.96. The minimum Gasteiger partial charge on any atom is -0.497 e. The predicted octanol–water partition coefficient (Wildman–Crippen LogP) is 2.99. The maximum atomic E-state index is 13.0. The third kappa shape index (κ3) is 5.37. The van der Waals surface area contributed by atoms with Gasteiger partial charge in [-0.25, -0.2) is 0 Å². The van der Waals surface area contributed by atoms with Gasteiger partial charge in [-0.15, -0.1) is 0 Å². The van der Waals surface area contributed by atoms with Gasteiger partial charge >= 0.3 is 5.97 Å². The second kappa shape index (κ2) is 9.30. The summed E-state index contributed by atoms with van der Waals surface area (Å²) in [6.07, 6.45) is 5.41. The van der Waals surface area contributed by atoms with E-state index >= 15 is 0 Å². The molecule has 0 bridgehead atoms. The minimum absolute atomic E-state index is 0.132. The third-order valence-corrected chi connectivity index (χ3v) is 4.82. The molecule has 1 atom stereocenters. The number of carbonyl (C=O) groups is 2. The monoisotopic (exact) mass is 348 g/mol. The van der Waals surface area contributed by atoms with Crippen molar-refractivity contribution in [2.45, 2.75) is 45.1 Å². The molecule has 1 saturated carbocycles. The lowest BCUT2D eigenvalue weighted by molar-refractivity contribution is -0.145. The number of anilines is 1. The summed E-state index contributed by atoms with van der Waals surface area (Å²) in [6, 6.07) is 7.07. The fourth-order valence-corrected chi connectivity index (χ4v) is 3.42. The molecule has 6 heteroatoms. The fraction of sp³-hybridized carbons (Fsp3) is 0.579. The number of likely N-dealkylation sites (N-methyl/N-ethyl adjacent to an activating group) is 1. The van der Waals surface area contributed by atoms with Gasteiger partial charge in [-0.1, -0.05) is 19.3 Å². The highest BCUT2D eigenvalue weighted by Gasteiger charge is 2.32. The van der Waals surface area contributed by atoms with E-state index in [9.17, 15) is 9.59 Å². The van der Waals surface area contributed by atoms with Crippen molar-refractivity contribution in [2.24, 2.45) is 5.92 Å². The lowest BCUT2D eigenvalue weighted by Crippen LogP contribution is -2.48. The Labute approximate surface area is 149 Å². The van der Waals surface area contributed by atoms with E-state index in [2.05, 4.69) is 5.32 Å². The summed E-state index contributed by atoms with van der Waals surface area (Å²) in [5.41, 5.74) is 0.844. The quantitative estimate of drug-likeness (QED) is 0.755. The first-order valence-electron chi connectivity index (χ1n) is 8.96. The highest BCUT2D eigenvalue weighted by Crippen LogP contribution is 2.29. The summed E-state index contributed by atoms with van der Waals surface area (Å²) in [7, 11) is 1.61. The molecule has 6 nitrogen and oxygen atoms in total. The molecule has 1 aliphatic carbocycles. The van der Waals surface area contributed by atoms with Gasteiger partial charge < -0.3 is 20.1 Å². The molecular weight excluding hydrogens is 320 g/mol. The van der Waals surface area contributed by atoms with Crippen molar-refractivity contribution in [1.29, 1.82) is 0 Å². The average molecular weight is 348 g/mol. The predicted molar refractivity (Wildman–Crippen MR) is 96.9 cm³/mol. The van der Waals surface area contributed by atoms with Crippen LogP contribution in [0.1, 0.15) is 39.0 Å². The Hall–Kier alpha value is -2.24. The molecule has 0 aromatic heterocycles. The van der Waals surface area contributed by atoms with Crippen LogP contribution in [-0.4, -0.2) is 48.1 Å². The first-order chi connectivity index (χ1) is 12.0. The molecule has 1 fully saturated rings. The Morgan fingerprint density at radius 3 is 2.40 bits per heavy atom. The highest BCUT2D eigenvalue weighted by atomic mass is 16.5. The Kier molecular flexibility index (Phi) is 7.10. The Morgan fingerprint density at radius 1 is 1.24 bits per heavy atom. The molecule has 0 saturated heterocycles. The van der Waals surface area contributed by atoms with E-state index < -0.39 is 12.0 Å². The molecule has 0 heterocycles. The summed E-state index contributed by atoms with van der Waals surface area (Å²) >= 11 is 0. The van der Waals surface area contributed by atoms with Crippen molar-refractivity contribution in [2.75, 3.05) is 25.5 Å². The number of benzene rings is 1. The number of nitrogens with one attached hydrogen (secondary N) is 1. The van der Waals surface area contributed by atoms with E-state index in [1.54, 1.807) is 7.11 Å². The standard InChI is InChI=1S/C19H28N2O4/c1-3-21(13-17(22)23)19(24)18(14-7-5-4-6-8-14)20-15-9-11-16(25-2)12-10-15/h9-12,14,18,20H,3-8,13H2,1-2H3,(H,22,23). The molecule has 0 spiro atoms. The van der Waals surface area contributed by atoms with Gasteiger partial charge in [0.2, 0.25) is 5.91 Å². The van der Waals surface area contributed by atoms with Crippen LogP contribution >= 0.6 is 0 Å². The SMILES string of the molecule is CCN(CC(=O)O)C(=O)C(Nc1ccc(OC)cc1)C1CCCCC1. The normalized spacial score (nSPS) is 16.1. The summed E-state index contributed by atoms with van der Waals surface area (Å²) in [5, 5.41) is 12.4. The lowest BCUT2D eigenvalue weighted by atomic mass is 9.83. The number of hydrogen-bond donors (Lipinski definition) is 2. The van der Waals surface area contributed by atoms with Gasteiger partial charge in [0, 0.05) is 12.2 Å². The van der Waals surface area contributed by atoms with Crippen molar-refractivity contribution in [1.82, 2.24) is 4.90 Å². The first kappa shape index (κ1) is 19.1. The van der Waals surface area contributed by atoms with Gasteiger partial charge in [-0.2, -0.15) is 0 Å². The molecular formula is C19H28N2O4. The van der Waals surface area contributed by atoms with E-state index in [4.69, 9.17) is 9.84 Å². The van der Waals surface area contributed by atoms with E-state index in [0.29, 0.717) is 6.54 Å². The average Bonchev–Trinajstić information content (AvgIpc) is 2.64. The third-order valence-electron chi connectivity index (χ3n) is 4.82. The second-order valence-corrected chi connectivity index (χ2v) is 6.49. The molecule has 1 aromatic carbocycles. The molecule has 25 heavy (non-hydrogen) atoms. The fourth-order valence-electron chi connectivity index (χ4n) is 3.42. The zero-order chi connectivity index (χ0) is 18.2. The highest BCUT2D eigenvalue weighted by molar-refractivity contribution is 5.87. The van der Waals surface area contributed by atoms with Crippen LogP contribution in [0.3, 0.4) is 0 Å². The largest absolute Gasteiger partial charge is 0.497 e. The van der Waals surface area contributed by atoms with Gasteiger partial charge in [0.1, 0.15) is 18.3 Å². The van der Waals surface area contributed by atoms with Gasteiger partial charge in [0.15, 0.2) is 0 Å². The van der Waals surface area contributed by atoms with Gasteiger partial charge in [0.25, 0.3) is 0 Å². The number of carboxylic acids is 1. The Bertz CT molecular complexity index is 567. The molecule has 1 aromatic rings. The molecule has 0 aliphatic heterocycles. The van der Waals surface area contributed by atoms with Gasteiger partial charge in [0.05, 0.1) is 7.11 Å². The zero-order valence-corrected chi connectivity index (χ0v) is 15.0. The molecule has 0 radical (unpaired) electrons. The van der Waals surface area contributed by atoms with Crippen molar-refractivity contribution in [3.05, 3.63) is 24.3 Å². The number of carbonyl (C=O) groups excluding carboxylic acids is 1. The van der Waals surface area contributed by atoms with E-state index in [-0.39, 0.29) is 18.4 Å². The maximum absolute atomic E-state index is 13.0. The maximum Gasteiger partial charge on any atom is 0.323 e. The molecule has 138 valence electrons. The van der Waals surface area contributed by atoms with Crippen molar-refractivity contribution in [3.63, 3.8) is 0 Å². The van der Waals surface area contributed by atoms with Gasteiger partial charge in [-0.3, -0.25) is 9.59 Å². The molecule has 1 amide bonds. The van der Waals surface area contributed by atoms with Crippen molar-refractivity contribution in [3.8, 4) is 5.75 Å². The second-order valence-electron chi connectivity index (χ2n) is 6.49. The number of methoxy groups -OCH3 is 1. The van der Waals surface area contributed by atoms with E-state index in [0.717, 1.165) is 37.1 Å². The Balaban J connectivity index is 2.18. The summed E-state index contributed by atoms with van der Waals surface area (Å²) < 4.78 is 5.17. The van der Waals surface area contributed by atoms with Crippen molar-refractivity contribution < 1.29 is 19.4 Å². The van der Waals surface area contributed by atoms with Crippen LogP contribution in [-0.2, 0) is 9.59 Å². The summed E-state index contributed by atoms with van der Waals surface area (Å²) in [6.45, 7) is 1.94. The zero-order valence-electron chi connectivity index (χ0n) is 15.0. The number of rotatable bonds is 8. The van der Waals surface area contributed by atoms with Crippen LogP contribution in [0.5, 0.6) is 5.75 Å². The summed E-state index contributed by atoms with van der Waals surface area (Å²) in [5.74, 6) is -0.131. The number of aliphatic carboxylic acids is 1. The molecule has 2 N–H and O–H groups in total. The number of amides is 1. The lowest BCUT2D eigenvalue weighted by Gasteiger charge is -2.34. The van der Waals surface area contributed by atoms with E-state index in [1.807, 2.05) is 31.2 Å². The number of carboxylic acid groups (broad SMARTS) is 1. The molecule has 1 aliphatic rings.